The Labute approximate surface area is 283 Å². The molecule has 0 amide bonds. The van der Waals surface area contributed by atoms with Gasteiger partial charge in [-0.15, -0.1) is 11.3 Å². The molecule has 0 N–H and O–H groups in total. The summed E-state index contributed by atoms with van der Waals surface area (Å²) in [6.45, 7) is 9.69. The third kappa shape index (κ3) is 5.07. The Morgan fingerprint density at radius 2 is 1.42 bits per heavy atom. The van der Waals surface area contributed by atoms with E-state index in [1.807, 2.05) is 6.20 Å². The van der Waals surface area contributed by atoms with Crippen molar-refractivity contribution in [1.82, 2.24) is 24.1 Å². The molecule has 8 aromatic rings. The number of hydrogen-bond acceptors (Lipinski definition) is 4. The minimum atomic E-state index is -0.684. The molecule has 0 aliphatic carbocycles. The lowest BCUT2D eigenvalue weighted by atomic mass is 9.77. The Bertz CT molecular complexity index is 2300. The number of nitrogens with zero attached hydrogens (tertiary/aromatic N) is 6. The highest BCUT2D eigenvalue weighted by atomic mass is 32.1. The molecular weight excluding hydrogens is 609 g/mol. The summed E-state index contributed by atoms with van der Waals surface area (Å²) in [5.41, 5.74) is 9.79. The zero-order valence-corrected chi connectivity index (χ0v) is 27.3. The van der Waals surface area contributed by atoms with Crippen molar-refractivity contribution in [2.75, 3.05) is 6.54 Å². The van der Waals surface area contributed by atoms with Crippen LogP contribution >= 0.6 is 11.3 Å². The molecule has 0 radical (unpaired) electrons. The van der Waals surface area contributed by atoms with E-state index in [1.54, 1.807) is 11.3 Å². The van der Waals surface area contributed by atoms with Crippen molar-refractivity contribution in [2.45, 2.75) is 25.3 Å². The first-order valence-electron chi connectivity index (χ1n) is 16.1. The van der Waals surface area contributed by atoms with Gasteiger partial charge in [-0.05, 0) is 47.9 Å². The van der Waals surface area contributed by atoms with Crippen LogP contribution in [0, 0.1) is 13.5 Å². The number of imidazole rings is 1. The number of thiazole rings is 1. The molecule has 7 heteroatoms. The molecule has 0 saturated carbocycles. The Balaban J connectivity index is 1.25. The molecule has 6 nitrogen and oxygen atoms in total. The number of benzene rings is 4. The van der Waals surface area contributed by atoms with E-state index in [9.17, 15) is 0 Å². The van der Waals surface area contributed by atoms with Gasteiger partial charge >= 0.3 is 0 Å². The lowest BCUT2D eigenvalue weighted by Crippen LogP contribution is -2.38. The van der Waals surface area contributed by atoms with Crippen LogP contribution in [0.1, 0.15) is 33.8 Å². The second-order valence-corrected chi connectivity index (χ2v) is 13.1. The maximum atomic E-state index is 7.06. The molecule has 0 bridgehead atoms. The normalized spacial score (nSPS) is 11.7. The predicted molar refractivity (Wildman–Crippen MR) is 194 cm³/mol. The van der Waals surface area contributed by atoms with Crippen molar-refractivity contribution in [3.63, 3.8) is 0 Å². The first-order chi connectivity index (χ1) is 23.6. The summed E-state index contributed by atoms with van der Waals surface area (Å²) in [6.07, 6.45) is 7.99. The molecule has 0 aliphatic rings. The average Bonchev–Trinajstić information content (AvgIpc) is 3.86. The van der Waals surface area contributed by atoms with Crippen molar-refractivity contribution >= 4 is 27.2 Å². The van der Waals surface area contributed by atoms with Gasteiger partial charge in [0.2, 0.25) is 6.54 Å². The van der Waals surface area contributed by atoms with Gasteiger partial charge in [0.25, 0.3) is 0 Å². The van der Waals surface area contributed by atoms with E-state index in [0.29, 0.717) is 6.54 Å². The molecule has 8 rings (SSSR count). The van der Waals surface area contributed by atoms with Gasteiger partial charge in [-0.2, -0.15) is 5.10 Å². The van der Waals surface area contributed by atoms with Gasteiger partial charge in [0.15, 0.2) is 0 Å². The van der Waals surface area contributed by atoms with Crippen LogP contribution in [0.2, 0.25) is 0 Å². The molecule has 0 saturated heterocycles. The molecular formula is C41H32N6S. The average molecular weight is 641 g/mol. The van der Waals surface area contributed by atoms with E-state index in [1.165, 1.54) is 0 Å². The van der Waals surface area contributed by atoms with E-state index in [2.05, 4.69) is 155 Å². The van der Waals surface area contributed by atoms with E-state index in [-0.39, 0.29) is 0 Å². The van der Waals surface area contributed by atoms with Gasteiger partial charge < -0.3 is 4.85 Å². The highest BCUT2D eigenvalue weighted by Gasteiger charge is 2.39. The fourth-order valence-corrected chi connectivity index (χ4v) is 7.80. The quantitative estimate of drug-likeness (QED) is 0.0897. The topological polar surface area (TPSA) is 52.4 Å². The van der Waals surface area contributed by atoms with E-state index in [4.69, 9.17) is 21.6 Å². The van der Waals surface area contributed by atoms with Crippen molar-refractivity contribution in [1.29, 1.82) is 0 Å². The van der Waals surface area contributed by atoms with E-state index in [0.717, 1.165) is 78.5 Å². The molecule has 4 aromatic heterocycles. The molecule has 0 unspecified atom stereocenters. The second-order valence-electron chi connectivity index (χ2n) is 11.9. The number of hydrogen-bond donors (Lipinski definition) is 0. The van der Waals surface area contributed by atoms with Gasteiger partial charge in [0, 0.05) is 41.9 Å². The smallest absolute Gasteiger partial charge is 0.215 e. The maximum absolute atomic E-state index is 7.06. The first kappa shape index (κ1) is 29.6. The Morgan fingerprint density at radius 3 is 2.06 bits per heavy atom. The maximum Gasteiger partial charge on any atom is 0.215 e. The number of aromatic nitrogens is 5. The summed E-state index contributed by atoms with van der Waals surface area (Å²) < 4.78 is 5.46. The molecule has 48 heavy (non-hydrogen) atoms. The Hall–Kier alpha value is -5.84. The number of rotatable bonds is 9. The van der Waals surface area contributed by atoms with Crippen LogP contribution in [0.25, 0.3) is 43.1 Å². The van der Waals surface area contributed by atoms with Crippen LogP contribution in [0.15, 0.2) is 140 Å². The van der Waals surface area contributed by atoms with Crippen LogP contribution in [-0.2, 0) is 12.0 Å². The summed E-state index contributed by atoms with van der Waals surface area (Å²) in [5, 5.41) is 6.35. The lowest BCUT2D eigenvalue weighted by molar-refractivity contribution is 0.458. The number of aryl methyl sites for hydroxylation is 2. The number of fused-ring (bicyclic) bond motifs is 2. The number of pyridine rings is 1. The zero-order chi connectivity index (χ0) is 32.5. The summed E-state index contributed by atoms with van der Waals surface area (Å²) in [4.78, 5) is 13.0. The van der Waals surface area contributed by atoms with Gasteiger partial charge in [0.05, 0.1) is 32.8 Å². The SMILES string of the molecule is [C-]#[N+]CCCc1nc2ccc(-c3cnc4ccc(-c5cn(C(c6ccccc6)(c6ccccc6)c6ccccc6)nc5C)cn34)cc2s1. The van der Waals surface area contributed by atoms with Crippen molar-refractivity contribution in [3.05, 3.63) is 179 Å². The predicted octanol–water partition coefficient (Wildman–Crippen LogP) is 9.48. The van der Waals surface area contributed by atoms with Crippen molar-refractivity contribution < 1.29 is 0 Å². The molecule has 232 valence electrons. The largest absolute Gasteiger partial charge is 0.317 e. The van der Waals surface area contributed by atoms with Gasteiger partial charge in [0.1, 0.15) is 11.2 Å². The minimum Gasteiger partial charge on any atom is -0.317 e. The summed E-state index contributed by atoms with van der Waals surface area (Å²) in [5.74, 6) is 0. The van der Waals surface area contributed by atoms with Crippen molar-refractivity contribution in [2.24, 2.45) is 0 Å². The third-order valence-electron chi connectivity index (χ3n) is 9.02. The monoisotopic (exact) mass is 640 g/mol. The third-order valence-corrected chi connectivity index (χ3v) is 10.1. The van der Waals surface area contributed by atoms with Crippen LogP contribution in [0.4, 0.5) is 0 Å². The molecule has 0 atom stereocenters. The zero-order valence-electron chi connectivity index (χ0n) is 26.5. The fourth-order valence-electron chi connectivity index (χ4n) is 6.75. The highest BCUT2D eigenvalue weighted by Crippen LogP contribution is 2.42. The highest BCUT2D eigenvalue weighted by molar-refractivity contribution is 7.18. The van der Waals surface area contributed by atoms with Crippen LogP contribution in [0.3, 0.4) is 0 Å². The minimum absolute atomic E-state index is 0.537. The summed E-state index contributed by atoms with van der Waals surface area (Å²) in [6, 6.07) is 42.6. The second kappa shape index (κ2) is 12.4. The molecule has 0 aliphatic heterocycles. The molecule has 4 heterocycles. The van der Waals surface area contributed by atoms with Crippen molar-refractivity contribution in [3.8, 4) is 22.4 Å². The molecule has 4 aromatic carbocycles. The van der Waals surface area contributed by atoms with Gasteiger partial charge in [-0.1, -0.05) is 97.1 Å². The molecule has 0 fully saturated rings. The van der Waals surface area contributed by atoms with Crippen LogP contribution in [0.5, 0.6) is 0 Å². The van der Waals surface area contributed by atoms with E-state index >= 15 is 0 Å². The Morgan fingerprint density at radius 1 is 0.771 bits per heavy atom. The molecule has 0 spiro atoms. The van der Waals surface area contributed by atoms with Crippen LogP contribution in [-0.4, -0.2) is 30.7 Å². The standard InChI is InChI=1S/C41H32N6S/c1-29-35(28-47(45-29)41(32-13-6-3-7-14-32,33-15-8-4-9-16-33)34-17-10-5-11-18-34)31-21-23-39-43-26-37(46(39)27-31)30-20-22-36-38(25-30)48-40(44-36)19-12-24-42-2/h3-11,13-18,20-23,25-28H,12,19,24H2,1H3. The van der Waals surface area contributed by atoms with Gasteiger partial charge in [-0.25, -0.2) is 16.5 Å². The lowest BCUT2D eigenvalue weighted by Gasteiger charge is -2.36. The first-order valence-corrected chi connectivity index (χ1v) is 16.9. The summed E-state index contributed by atoms with van der Waals surface area (Å²) in [7, 11) is 0. The Kier molecular flexibility index (Phi) is 7.64. The summed E-state index contributed by atoms with van der Waals surface area (Å²) >= 11 is 1.71. The van der Waals surface area contributed by atoms with Gasteiger partial charge in [-0.3, -0.25) is 9.08 Å². The van der Waals surface area contributed by atoms with E-state index < -0.39 is 5.54 Å². The van der Waals surface area contributed by atoms with Crippen LogP contribution < -0.4 is 0 Å². The fraction of sp³-hybridized carbons (Fsp3) is 0.122.